The van der Waals surface area contributed by atoms with Gasteiger partial charge in [0.1, 0.15) is 12.7 Å². The minimum absolute atomic E-state index is 0.0955. The zero-order valence-corrected chi connectivity index (χ0v) is 36.2. The Morgan fingerprint density at radius 2 is 1.03 bits per heavy atom. The highest BCUT2D eigenvalue weighted by Gasteiger charge is 2.28. The van der Waals surface area contributed by atoms with Crippen LogP contribution in [0.25, 0.3) is 0 Å². The molecule has 11 nitrogen and oxygen atoms in total. The molecule has 0 saturated heterocycles. The summed E-state index contributed by atoms with van der Waals surface area (Å²) in [6, 6.07) is -1.61. The first kappa shape index (κ1) is 54.4. The second-order valence-electron chi connectivity index (χ2n) is 13.8. The van der Waals surface area contributed by atoms with Crippen molar-refractivity contribution in [3.8, 4) is 0 Å². The molecule has 0 rings (SSSR count). The van der Waals surface area contributed by atoms with E-state index in [1.165, 1.54) is 25.7 Å². The molecule has 0 fully saturated rings. The number of aliphatic carboxylic acids is 1. The number of allylic oxidation sites excluding steroid dienone is 15. The SMILES string of the molecule is CC/C=C\C/C=C\C/C=C\C/C=C\C/C=C\C/C=C\C/C=C\CC(=O)NC(COP(=O)(O)OCC(O)COC(=O)CCCCCCC/C=C\CCCCCC)C(=O)O. The second kappa shape index (κ2) is 40.2. The first-order valence-electron chi connectivity index (χ1n) is 21.3. The summed E-state index contributed by atoms with van der Waals surface area (Å²) >= 11 is 0. The number of phosphoric acid groups is 1. The smallest absolute Gasteiger partial charge is 0.472 e. The summed E-state index contributed by atoms with van der Waals surface area (Å²) in [5, 5.41) is 21.7. The quantitative estimate of drug-likeness (QED) is 0.0203. The maximum Gasteiger partial charge on any atom is 0.472 e. The Hall–Kier alpha value is -3.60. The number of ether oxygens (including phenoxy) is 1. The minimum atomic E-state index is -4.79. The number of carbonyl (C=O) groups excluding carboxylic acids is 2. The van der Waals surface area contributed by atoms with Gasteiger partial charge in [-0.2, -0.15) is 0 Å². The Kier molecular flexibility index (Phi) is 37.7. The van der Waals surface area contributed by atoms with Crippen LogP contribution in [0.4, 0.5) is 0 Å². The predicted molar refractivity (Wildman–Crippen MR) is 235 cm³/mol. The van der Waals surface area contributed by atoms with Crippen LogP contribution in [0.1, 0.15) is 142 Å². The first-order valence-corrected chi connectivity index (χ1v) is 22.8. The van der Waals surface area contributed by atoms with E-state index in [0.717, 1.165) is 77.0 Å². The van der Waals surface area contributed by atoms with Gasteiger partial charge in [0.15, 0.2) is 6.04 Å². The Labute approximate surface area is 349 Å². The van der Waals surface area contributed by atoms with Crippen molar-refractivity contribution in [3.05, 3.63) is 97.2 Å². The number of nitrogens with one attached hydrogen (secondary N) is 1. The van der Waals surface area contributed by atoms with Gasteiger partial charge < -0.3 is 25.2 Å². The zero-order valence-electron chi connectivity index (χ0n) is 35.3. The molecule has 0 heterocycles. The Morgan fingerprint density at radius 1 is 0.586 bits per heavy atom. The van der Waals surface area contributed by atoms with Gasteiger partial charge in [-0.25, -0.2) is 9.36 Å². The van der Waals surface area contributed by atoms with Crippen molar-refractivity contribution in [2.75, 3.05) is 19.8 Å². The molecule has 0 bridgehead atoms. The molecule has 58 heavy (non-hydrogen) atoms. The Bertz CT molecular complexity index is 1350. The number of aliphatic hydroxyl groups excluding tert-OH is 1. The van der Waals surface area contributed by atoms with Crippen molar-refractivity contribution in [3.63, 3.8) is 0 Å². The highest BCUT2D eigenvalue weighted by Crippen LogP contribution is 2.43. The van der Waals surface area contributed by atoms with Crippen LogP contribution in [0, 0.1) is 0 Å². The molecule has 0 aromatic rings. The number of carboxylic acids is 1. The minimum Gasteiger partial charge on any atom is -0.480 e. The van der Waals surface area contributed by atoms with Crippen molar-refractivity contribution in [1.82, 2.24) is 5.32 Å². The van der Waals surface area contributed by atoms with Gasteiger partial charge in [0, 0.05) is 12.8 Å². The maximum atomic E-state index is 12.3. The number of amides is 1. The normalized spacial score (nSPS) is 14.7. The van der Waals surface area contributed by atoms with Gasteiger partial charge in [0.2, 0.25) is 5.91 Å². The number of carboxylic acid groups (broad SMARTS) is 1. The lowest BCUT2D eigenvalue weighted by Gasteiger charge is -2.18. The van der Waals surface area contributed by atoms with E-state index in [1.807, 2.05) is 12.2 Å². The van der Waals surface area contributed by atoms with Crippen LogP contribution in [-0.2, 0) is 32.7 Å². The summed E-state index contributed by atoms with van der Waals surface area (Å²) in [5.74, 6) is -2.57. The molecule has 0 aliphatic rings. The lowest BCUT2D eigenvalue weighted by Crippen LogP contribution is -2.43. The third-order valence-corrected chi connectivity index (χ3v) is 9.34. The van der Waals surface area contributed by atoms with Crippen LogP contribution in [0.15, 0.2) is 97.2 Å². The fourth-order valence-corrected chi connectivity index (χ4v) is 5.87. The van der Waals surface area contributed by atoms with Crippen LogP contribution in [0.2, 0.25) is 0 Å². The van der Waals surface area contributed by atoms with Gasteiger partial charge in [-0.3, -0.25) is 18.6 Å². The third-order valence-electron chi connectivity index (χ3n) is 8.39. The molecule has 0 aliphatic heterocycles. The summed E-state index contributed by atoms with van der Waals surface area (Å²) in [7, 11) is -4.79. The van der Waals surface area contributed by atoms with E-state index in [9.17, 15) is 34.1 Å². The summed E-state index contributed by atoms with van der Waals surface area (Å²) in [5.41, 5.74) is 0. The second-order valence-corrected chi connectivity index (χ2v) is 15.3. The highest BCUT2D eigenvalue weighted by molar-refractivity contribution is 7.47. The first-order chi connectivity index (χ1) is 28.1. The standard InChI is InChI=1S/C46H74NO10P/c1-3-5-7-9-11-13-15-17-18-19-20-21-22-23-24-26-27-29-31-33-35-37-44(49)47-43(46(51)52)41-57-58(53,54)56-40-42(48)39-55-45(50)38-36-34-32-30-28-25-16-14-12-10-8-6-4-2/h5,7,11,13-14,16-18,20-21,23-24,27,29,33,35,42-43,48H,3-4,6,8-10,12,15,19,22,25-26,28,30-32,34,36-41H2,1-2H3,(H,47,49)(H,51,52)(H,53,54)/b7-5-,13-11-,16-14-,18-17-,21-20-,24-23-,29-27-,35-33-. The van der Waals surface area contributed by atoms with E-state index in [-0.39, 0.29) is 12.8 Å². The number of rotatable bonds is 38. The zero-order chi connectivity index (χ0) is 42.8. The average molecular weight is 832 g/mol. The van der Waals surface area contributed by atoms with Crippen molar-refractivity contribution in [1.29, 1.82) is 0 Å². The molecule has 1 amide bonds. The van der Waals surface area contributed by atoms with Crippen LogP contribution in [0.5, 0.6) is 0 Å². The summed E-state index contributed by atoms with van der Waals surface area (Å²) in [6.45, 7) is 2.36. The lowest BCUT2D eigenvalue weighted by atomic mass is 10.1. The van der Waals surface area contributed by atoms with Crippen molar-refractivity contribution in [2.45, 2.75) is 154 Å². The number of unbranched alkanes of at least 4 members (excludes halogenated alkanes) is 9. The highest BCUT2D eigenvalue weighted by atomic mass is 31.2. The molecule has 0 aromatic heterocycles. The fourth-order valence-electron chi connectivity index (χ4n) is 5.09. The van der Waals surface area contributed by atoms with E-state index >= 15 is 0 Å². The molecule has 12 heteroatoms. The molecular weight excluding hydrogens is 757 g/mol. The molecule has 4 N–H and O–H groups in total. The predicted octanol–water partition coefficient (Wildman–Crippen LogP) is 10.9. The number of aliphatic hydroxyl groups is 1. The Morgan fingerprint density at radius 3 is 1.53 bits per heavy atom. The number of esters is 1. The monoisotopic (exact) mass is 832 g/mol. The van der Waals surface area contributed by atoms with Crippen LogP contribution in [-0.4, -0.2) is 64.9 Å². The number of phosphoric ester groups is 1. The third kappa shape index (κ3) is 39.2. The summed E-state index contributed by atoms with van der Waals surface area (Å²) in [4.78, 5) is 45.8. The van der Waals surface area contributed by atoms with Gasteiger partial charge in [-0.1, -0.05) is 150 Å². The van der Waals surface area contributed by atoms with Gasteiger partial charge in [-0.15, -0.1) is 0 Å². The molecule has 0 spiro atoms. The van der Waals surface area contributed by atoms with Crippen molar-refractivity contribution >= 4 is 25.7 Å². The Balaban J connectivity index is 4.10. The van der Waals surface area contributed by atoms with Crippen molar-refractivity contribution in [2.24, 2.45) is 0 Å². The van der Waals surface area contributed by atoms with E-state index < -0.39 is 57.6 Å². The largest absolute Gasteiger partial charge is 0.480 e. The number of carbonyl (C=O) groups is 3. The van der Waals surface area contributed by atoms with Crippen LogP contribution >= 0.6 is 7.82 Å². The molecule has 0 aromatic carbocycles. The van der Waals surface area contributed by atoms with Crippen LogP contribution < -0.4 is 5.32 Å². The van der Waals surface area contributed by atoms with E-state index in [4.69, 9.17) is 13.8 Å². The van der Waals surface area contributed by atoms with E-state index in [0.29, 0.717) is 12.8 Å². The topological polar surface area (TPSA) is 169 Å². The van der Waals surface area contributed by atoms with Gasteiger partial charge in [-0.05, 0) is 77.0 Å². The summed E-state index contributed by atoms with van der Waals surface area (Å²) in [6.07, 6.45) is 50.4. The van der Waals surface area contributed by atoms with Gasteiger partial charge in [0.05, 0.1) is 13.2 Å². The average Bonchev–Trinajstić information content (AvgIpc) is 3.20. The fraction of sp³-hybridized carbons (Fsp3) is 0.587. The number of hydrogen-bond donors (Lipinski definition) is 4. The molecule has 3 atom stereocenters. The molecule has 0 radical (unpaired) electrons. The van der Waals surface area contributed by atoms with Gasteiger partial charge in [0.25, 0.3) is 0 Å². The molecule has 3 unspecified atom stereocenters. The number of hydrogen-bond acceptors (Lipinski definition) is 8. The molecular formula is C46H74NO10P. The van der Waals surface area contributed by atoms with Gasteiger partial charge >= 0.3 is 19.8 Å². The van der Waals surface area contributed by atoms with Crippen molar-refractivity contribution < 1.29 is 47.8 Å². The van der Waals surface area contributed by atoms with Crippen LogP contribution in [0.3, 0.4) is 0 Å². The maximum absolute atomic E-state index is 12.3. The molecule has 328 valence electrons. The van der Waals surface area contributed by atoms with E-state index in [2.05, 4.69) is 92.1 Å². The molecule has 0 saturated carbocycles. The van der Waals surface area contributed by atoms with E-state index in [1.54, 1.807) is 12.2 Å². The molecule has 0 aliphatic carbocycles. The summed E-state index contributed by atoms with van der Waals surface area (Å²) < 4.78 is 26.7. The lowest BCUT2D eigenvalue weighted by molar-refractivity contribution is -0.147.